The van der Waals surface area contributed by atoms with Gasteiger partial charge in [-0.1, -0.05) is 42.5 Å². The van der Waals surface area contributed by atoms with Gasteiger partial charge in [-0.3, -0.25) is 19.3 Å². The SMILES string of the molecule is C=CCN1C(=O)S/C(=C/c2ccccc2OCC(=O)Nc2ccccc2)C1=O. The number of anilines is 1. The number of benzene rings is 2. The average molecular weight is 394 g/mol. The molecule has 1 fully saturated rings. The molecule has 28 heavy (non-hydrogen) atoms. The zero-order valence-electron chi connectivity index (χ0n) is 15.0. The van der Waals surface area contributed by atoms with Gasteiger partial charge in [-0.05, 0) is 36.0 Å². The Hall–Kier alpha value is -3.32. The maximum atomic E-state index is 12.4. The number of thioether (sulfide) groups is 1. The van der Waals surface area contributed by atoms with E-state index in [1.165, 1.54) is 6.08 Å². The van der Waals surface area contributed by atoms with Gasteiger partial charge in [-0.15, -0.1) is 6.58 Å². The fraction of sp³-hybridized carbons (Fsp3) is 0.0952. The van der Waals surface area contributed by atoms with E-state index in [0.717, 1.165) is 16.7 Å². The van der Waals surface area contributed by atoms with Crippen molar-refractivity contribution in [3.8, 4) is 5.75 Å². The smallest absolute Gasteiger partial charge is 0.293 e. The molecule has 0 aliphatic carbocycles. The largest absolute Gasteiger partial charge is 0.483 e. The van der Waals surface area contributed by atoms with Crippen LogP contribution >= 0.6 is 11.8 Å². The predicted molar refractivity (Wildman–Crippen MR) is 110 cm³/mol. The highest BCUT2D eigenvalue weighted by Crippen LogP contribution is 2.33. The molecule has 0 aromatic heterocycles. The van der Waals surface area contributed by atoms with Gasteiger partial charge in [0.2, 0.25) is 0 Å². The van der Waals surface area contributed by atoms with Gasteiger partial charge in [0.25, 0.3) is 17.1 Å². The summed E-state index contributed by atoms with van der Waals surface area (Å²) in [5.74, 6) is -0.222. The zero-order chi connectivity index (χ0) is 19.9. The van der Waals surface area contributed by atoms with Crippen LogP contribution in [0.4, 0.5) is 10.5 Å². The molecule has 0 bridgehead atoms. The second-order valence-corrected chi connectivity index (χ2v) is 6.81. The molecule has 3 rings (SSSR count). The van der Waals surface area contributed by atoms with Crippen LogP contribution in [0.3, 0.4) is 0 Å². The van der Waals surface area contributed by atoms with E-state index in [1.807, 2.05) is 18.2 Å². The quantitative estimate of drug-likeness (QED) is 0.569. The summed E-state index contributed by atoms with van der Waals surface area (Å²) in [6.07, 6.45) is 3.10. The minimum Gasteiger partial charge on any atom is -0.483 e. The van der Waals surface area contributed by atoms with Gasteiger partial charge in [0, 0.05) is 17.8 Å². The third-order valence-corrected chi connectivity index (χ3v) is 4.71. The van der Waals surface area contributed by atoms with Crippen molar-refractivity contribution in [2.24, 2.45) is 0 Å². The van der Waals surface area contributed by atoms with E-state index in [-0.39, 0.29) is 30.2 Å². The van der Waals surface area contributed by atoms with E-state index in [4.69, 9.17) is 4.74 Å². The van der Waals surface area contributed by atoms with E-state index in [9.17, 15) is 14.4 Å². The lowest BCUT2D eigenvalue weighted by atomic mass is 10.2. The van der Waals surface area contributed by atoms with Gasteiger partial charge in [-0.2, -0.15) is 0 Å². The number of nitrogens with zero attached hydrogens (tertiary/aromatic N) is 1. The van der Waals surface area contributed by atoms with Gasteiger partial charge in [0.05, 0.1) is 4.91 Å². The lowest BCUT2D eigenvalue weighted by Crippen LogP contribution is -2.27. The second-order valence-electron chi connectivity index (χ2n) is 5.82. The molecule has 1 aliphatic rings. The highest BCUT2D eigenvalue weighted by molar-refractivity contribution is 8.18. The molecule has 7 heteroatoms. The lowest BCUT2D eigenvalue weighted by molar-refractivity contribution is -0.122. The van der Waals surface area contributed by atoms with E-state index in [2.05, 4.69) is 11.9 Å². The molecular weight excluding hydrogens is 376 g/mol. The van der Waals surface area contributed by atoms with Crippen LogP contribution in [-0.2, 0) is 9.59 Å². The number of para-hydroxylation sites is 2. The van der Waals surface area contributed by atoms with Crippen LogP contribution in [0.25, 0.3) is 6.08 Å². The first kappa shape index (κ1) is 19.4. The molecule has 2 aromatic rings. The summed E-state index contributed by atoms with van der Waals surface area (Å²) < 4.78 is 5.63. The molecule has 1 aliphatic heterocycles. The van der Waals surface area contributed by atoms with E-state index >= 15 is 0 Å². The van der Waals surface area contributed by atoms with Crippen LogP contribution in [0.15, 0.2) is 72.2 Å². The average Bonchev–Trinajstić information content (AvgIpc) is 2.96. The van der Waals surface area contributed by atoms with Crippen molar-refractivity contribution >= 4 is 40.6 Å². The van der Waals surface area contributed by atoms with Gasteiger partial charge >= 0.3 is 0 Å². The molecule has 0 spiro atoms. The molecule has 6 nitrogen and oxygen atoms in total. The van der Waals surface area contributed by atoms with Crippen molar-refractivity contribution in [2.75, 3.05) is 18.5 Å². The summed E-state index contributed by atoms with van der Waals surface area (Å²) in [4.78, 5) is 37.8. The maximum Gasteiger partial charge on any atom is 0.293 e. The van der Waals surface area contributed by atoms with Crippen molar-refractivity contribution < 1.29 is 19.1 Å². The number of imide groups is 1. The van der Waals surface area contributed by atoms with Crippen molar-refractivity contribution in [1.82, 2.24) is 4.90 Å². The number of ether oxygens (including phenoxy) is 1. The predicted octanol–water partition coefficient (Wildman–Crippen LogP) is 3.93. The minimum absolute atomic E-state index is 0.166. The van der Waals surface area contributed by atoms with Gasteiger partial charge in [0.15, 0.2) is 6.61 Å². The van der Waals surface area contributed by atoms with Gasteiger partial charge < -0.3 is 10.1 Å². The van der Waals surface area contributed by atoms with Crippen LogP contribution in [0.1, 0.15) is 5.56 Å². The fourth-order valence-corrected chi connectivity index (χ4v) is 3.36. The third-order valence-electron chi connectivity index (χ3n) is 3.81. The number of nitrogens with one attached hydrogen (secondary N) is 1. The summed E-state index contributed by atoms with van der Waals surface area (Å²) in [5.41, 5.74) is 1.29. The first-order chi connectivity index (χ1) is 13.6. The summed E-state index contributed by atoms with van der Waals surface area (Å²) in [7, 11) is 0. The topological polar surface area (TPSA) is 75.7 Å². The van der Waals surface area contributed by atoms with Crippen LogP contribution in [0.5, 0.6) is 5.75 Å². The first-order valence-corrected chi connectivity index (χ1v) is 9.33. The molecule has 142 valence electrons. The molecule has 1 heterocycles. The third kappa shape index (κ3) is 4.69. The molecule has 1 saturated heterocycles. The van der Waals surface area contributed by atoms with E-state index in [1.54, 1.807) is 42.5 Å². The van der Waals surface area contributed by atoms with Crippen molar-refractivity contribution in [3.63, 3.8) is 0 Å². The maximum absolute atomic E-state index is 12.4. The van der Waals surface area contributed by atoms with Gasteiger partial charge in [0.1, 0.15) is 5.75 Å². The van der Waals surface area contributed by atoms with Crippen molar-refractivity contribution in [1.29, 1.82) is 0 Å². The van der Waals surface area contributed by atoms with E-state index in [0.29, 0.717) is 21.9 Å². The Kier molecular flexibility index (Phi) is 6.29. The number of rotatable bonds is 7. The Morgan fingerprint density at radius 2 is 1.82 bits per heavy atom. The highest BCUT2D eigenvalue weighted by atomic mass is 32.2. The molecule has 1 N–H and O–H groups in total. The first-order valence-electron chi connectivity index (χ1n) is 8.51. The van der Waals surface area contributed by atoms with Gasteiger partial charge in [-0.25, -0.2) is 0 Å². The van der Waals surface area contributed by atoms with Crippen LogP contribution in [0, 0.1) is 0 Å². The normalized spacial score (nSPS) is 15.0. The number of hydrogen-bond donors (Lipinski definition) is 1. The van der Waals surface area contributed by atoms with Crippen LogP contribution in [0.2, 0.25) is 0 Å². The summed E-state index contributed by atoms with van der Waals surface area (Å²) in [5, 5.41) is 2.40. The van der Waals surface area contributed by atoms with E-state index < -0.39 is 0 Å². The second kappa shape index (κ2) is 9.05. The lowest BCUT2D eigenvalue weighted by Gasteiger charge is -2.10. The number of carbonyl (C=O) groups is 3. The van der Waals surface area contributed by atoms with Crippen LogP contribution in [-0.4, -0.2) is 35.1 Å². The molecule has 0 radical (unpaired) electrons. The zero-order valence-corrected chi connectivity index (χ0v) is 15.8. The highest BCUT2D eigenvalue weighted by Gasteiger charge is 2.34. The number of amides is 3. The Balaban J connectivity index is 1.70. The minimum atomic E-state index is -0.369. The summed E-state index contributed by atoms with van der Waals surface area (Å²) in [6.45, 7) is 3.54. The van der Waals surface area contributed by atoms with Crippen molar-refractivity contribution in [2.45, 2.75) is 0 Å². The molecule has 3 amide bonds. The monoisotopic (exact) mass is 394 g/mol. The van der Waals surface area contributed by atoms with Crippen LogP contribution < -0.4 is 10.1 Å². The molecule has 2 aromatic carbocycles. The standard InChI is InChI=1S/C21H18N2O4S/c1-2-12-23-20(25)18(28-21(23)26)13-15-8-6-7-11-17(15)27-14-19(24)22-16-9-4-3-5-10-16/h2-11,13H,1,12,14H2,(H,22,24)/b18-13+. The Labute approximate surface area is 166 Å². The summed E-state index contributed by atoms with van der Waals surface area (Å²) in [6, 6.07) is 16.1. The Morgan fingerprint density at radius 3 is 2.57 bits per heavy atom. The Bertz CT molecular complexity index is 940. The number of carbonyl (C=O) groups excluding carboxylic acids is 3. The Morgan fingerprint density at radius 1 is 1.11 bits per heavy atom. The molecule has 0 saturated carbocycles. The number of hydrogen-bond acceptors (Lipinski definition) is 5. The molecular formula is C21H18N2O4S. The summed E-state index contributed by atoms with van der Waals surface area (Å²) >= 11 is 0.867. The van der Waals surface area contributed by atoms with Crippen molar-refractivity contribution in [3.05, 3.63) is 77.7 Å². The molecule has 0 unspecified atom stereocenters. The fourth-order valence-electron chi connectivity index (χ4n) is 2.52. The molecule has 0 atom stereocenters.